The van der Waals surface area contributed by atoms with Crippen LogP contribution in [-0.2, 0) is 0 Å². The van der Waals surface area contributed by atoms with Gasteiger partial charge in [-0.15, -0.1) is 5.10 Å². The van der Waals surface area contributed by atoms with Crippen molar-refractivity contribution in [3.63, 3.8) is 0 Å². The van der Waals surface area contributed by atoms with Gasteiger partial charge in [-0.2, -0.15) is 15.2 Å². The van der Waals surface area contributed by atoms with E-state index in [2.05, 4.69) is 36.4 Å². The van der Waals surface area contributed by atoms with E-state index >= 15 is 0 Å². The van der Waals surface area contributed by atoms with Crippen molar-refractivity contribution in [1.29, 1.82) is 0 Å². The fraction of sp³-hybridized carbons (Fsp3) is 0.105. The molecule has 4 heterocycles. The van der Waals surface area contributed by atoms with Gasteiger partial charge in [-0.3, -0.25) is 10.1 Å². The van der Waals surface area contributed by atoms with Crippen LogP contribution in [0.5, 0.6) is 0 Å². The highest BCUT2D eigenvalue weighted by atomic mass is 32.2. The maximum Gasteiger partial charge on any atom is 0.209 e. The van der Waals surface area contributed by atoms with Crippen LogP contribution in [0.2, 0.25) is 0 Å². The molecule has 8 heteroatoms. The predicted octanol–water partition coefficient (Wildman–Crippen LogP) is 4.20. The summed E-state index contributed by atoms with van der Waals surface area (Å²) in [6.45, 7) is 0. The van der Waals surface area contributed by atoms with Crippen LogP contribution in [0.15, 0.2) is 68.4 Å². The largest absolute Gasteiger partial charge is 0.453 e. The Morgan fingerprint density at radius 1 is 1.11 bits per heavy atom. The van der Waals surface area contributed by atoms with E-state index < -0.39 is 0 Å². The average Bonchev–Trinajstić information content (AvgIpc) is 3.47. The lowest BCUT2D eigenvalue weighted by molar-refractivity contribution is 0.592. The summed E-state index contributed by atoms with van der Waals surface area (Å²) in [5, 5.41) is 16.8. The topological polar surface area (TPSA) is 92.3 Å². The summed E-state index contributed by atoms with van der Waals surface area (Å²) >= 11 is 1.52. The van der Waals surface area contributed by atoms with Crippen molar-refractivity contribution in [2.45, 2.75) is 11.6 Å². The third kappa shape index (κ3) is 3.26. The Kier molecular flexibility index (Phi) is 4.02. The second kappa shape index (κ2) is 6.81. The second-order valence-corrected chi connectivity index (χ2v) is 6.95. The number of para-hydroxylation sites is 1. The maximum atomic E-state index is 5.97. The number of hydrogen-bond acceptors (Lipinski definition) is 7. The highest BCUT2D eigenvalue weighted by molar-refractivity contribution is 7.99. The van der Waals surface area contributed by atoms with E-state index in [0.717, 1.165) is 40.1 Å². The van der Waals surface area contributed by atoms with Gasteiger partial charge in [-0.05, 0) is 24.3 Å². The molecule has 0 spiro atoms. The molecule has 0 bridgehead atoms. The standard InChI is InChI=1S/C19H14N6OS/c1-2-4-15-12(3-1)9-13(10-20-15)16-5-6-17(26-16)18-22-19(25-24-18)27-11-14-7-8-21-23-14/h1-6,8-10H,7,11H2,(H,22,24,25). The first kappa shape index (κ1) is 16.0. The molecular formula is C19H14N6OS. The summed E-state index contributed by atoms with van der Waals surface area (Å²) in [6.07, 6.45) is 4.41. The number of furan rings is 1. The number of benzene rings is 1. The molecule has 0 radical (unpaired) electrons. The number of H-pyrrole nitrogens is 1. The van der Waals surface area contributed by atoms with Crippen molar-refractivity contribution in [2.75, 3.05) is 5.75 Å². The zero-order valence-corrected chi connectivity index (χ0v) is 15.0. The van der Waals surface area contributed by atoms with E-state index in [1.165, 1.54) is 11.8 Å². The number of nitrogens with one attached hydrogen (secondary N) is 1. The van der Waals surface area contributed by atoms with Crippen LogP contribution < -0.4 is 0 Å². The molecule has 1 aliphatic heterocycles. The molecule has 0 saturated heterocycles. The summed E-state index contributed by atoms with van der Waals surface area (Å²) in [4.78, 5) is 8.97. The monoisotopic (exact) mass is 374 g/mol. The van der Waals surface area contributed by atoms with Crippen LogP contribution in [0.25, 0.3) is 33.8 Å². The lowest BCUT2D eigenvalue weighted by Crippen LogP contribution is -1.98. The summed E-state index contributed by atoms with van der Waals surface area (Å²) < 4.78 is 5.97. The molecule has 7 nitrogen and oxygen atoms in total. The number of thioether (sulfide) groups is 1. The first-order chi connectivity index (χ1) is 13.3. The fourth-order valence-corrected chi connectivity index (χ4v) is 3.53. The van der Waals surface area contributed by atoms with Crippen LogP contribution in [0.4, 0.5) is 0 Å². The van der Waals surface area contributed by atoms with E-state index in [0.29, 0.717) is 16.7 Å². The van der Waals surface area contributed by atoms with Crippen molar-refractivity contribution < 1.29 is 4.42 Å². The number of nitrogens with zero attached hydrogens (tertiary/aromatic N) is 5. The van der Waals surface area contributed by atoms with Gasteiger partial charge < -0.3 is 4.42 Å². The quantitative estimate of drug-likeness (QED) is 0.529. The van der Waals surface area contributed by atoms with Gasteiger partial charge in [-0.25, -0.2) is 0 Å². The molecule has 1 aromatic carbocycles. The van der Waals surface area contributed by atoms with Gasteiger partial charge in [0.25, 0.3) is 0 Å². The summed E-state index contributed by atoms with van der Waals surface area (Å²) in [5.74, 6) is 2.70. The molecule has 27 heavy (non-hydrogen) atoms. The number of fused-ring (bicyclic) bond motifs is 1. The van der Waals surface area contributed by atoms with Gasteiger partial charge in [0.15, 0.2) is 11.6 Å². The molecule has 3 aromatic heterocycles. The van der Waals surface area contributed by atoms with E-state index in [1.807, 2.05) is 42.6 Å². The minimum atomic E-state index is 0.599. The minimum Gasteiger partial charge on any atom is -0.453 e. The smallest absolute Gasteiger partial charge is 0.209 e. The number of aromatic nitrogens is 4. The molecule has 0 aliphatic carbocycles. The van der Waals surface area contributed by atoms with Crippen LogP contribution in [0.3, 0.4) is 0 Å². The molecular weight excluding hydrogens is 360 g/mol. The van der Waals surface area contributed by atoms with Crippen molar-refractivity contribution in [3.8, 4) is 22.9 Å². The SMILES string of the molecule is C1=NN=C(CSc2n[nH]c(-c3ccc(-c4cnc5ccccc5c4)o3)n2)C1. The Balaban J connectivity index is 1.35. The van der Waals surface area contributed by atoms with Crippen LogP contribution >= 0.6 is 11.8 Å². The van der Waals surface area contributed by atoms with Gasteiger partial charge in [-0.1, -0.05) is 30.0 Å². The summed E-state index contributed by atoms with van der Waals surface area (Å²) in [6, 6.07) is 13.9. The van der Waals surface area contributed by atoms with Crippen molar-refractivity contribution >= 4 is 34.6 Å². The molecule has 4 aromatic rings. The van der Waals surface area contributed by atoms with Gasteiger partial charge in [0.2, 0.25) is 5.16 Å². The number of rotatable bonds is 5. The first-order valence-corrected chi connectivity index (χ1v) is 9.41. The van der Waals surface area contributed by atoms with Crippen LogP contribution in [-0.4, -0.2) is 37.8 Å². The van der Waals surface area contributed by atoms with Crippen molar-refractivity contribution in [1.82, 2.24) is 20.2 Å². The molecule has 0 amide bonds. The van der Waals surface area contributed by atoms with E-state index in [4.69, 9.17) is 4.42 Å². The summed E-state index contributed by atoms with van der Waals surface area (Å²) in [7, 11) is 0. The first-order valence-electron chi connectivity index (χ1n) is 8.43. The van der Waals surface area contributed by atoms with Crippen molar-refractivity contribution in [3.05, 3.63) is 48.7 Å². The number of pyridine rings is 1. The van der Waals surface area contributed by atoms with Gasteiger partial charge in [0.1, 0.15) is 5.76 Å². The van der Waals surface area contributed by atoms with Crippen molar-refractivity contribution in [2.24, 2.45) is 10.2 Å². The molecule has 5 rings (SSSR count). The normalized spacial score (nSPS) is 13.4. The average molecular weight is 374 g/mol. The summed E-state index contributed by atoms with van der Waals surface area (Å²) in [5.41, 5.74) is 2.91. The van der Waals surface area contributed by atoms with E-state index in [-0.39, 0.29) is 0 Å². The molecule has 0 fully saturated rings. The van der Waals surface area contributed by atoms with E-state index in [9.17, 15) is 0 Å². The predicted molar refractivity (Wildman–Crippen MR) is 106 cm³/mol. The van der Waals surface area contributed by atoms with Crippen LogP contribution in [0, 0.1) is 0 Å². The molecule has 132 valence electrons. The van der Waals surface area contributed by atoms with Gasteiger partial charge in [0, 0.05) is 35.5 Å². The number of aromatic amines is 1. The molecule has 0 unspecified atom stereocenters. The Morgan fingerprint density at radius 3 is 2.96 bits per heavy atom. The number of hydrogen-bond donors (Lipinski definition) is 1. The van der Waals surface area contributed by atoms with Crippen LogP contribution in [0.1, 0.15) is 6.42 Å². The Labute approximate surface area is 158 Å². The fourth-order valence-electron chi connectivity index (χ4n) is 2.79. The lowest BCUT2D eigenvalue weighted by Gasteiger charge is -2.00. The van der Waals surface area contributed by atoms with E-state index in [1.54, 1.807) is 6.21 Å². The maximum absolute atomic E-state index is 5.97. The molecule has 0 atom stereocenters. The highest BCUT2D eigenvalue weighted by Gasteiger charge is 2.13. The Bertz CT molecular complexity index is 1180. The molecule has 1 aliphatic rings. The second-order valence-electron chi connectivity index (χ2n) is 6.00. The Hall–Kier alpha value is -3.26. The zero-order chi connectivity index (χ0) is 18.1. The molecule has 0 saturated carbocycles. The Morgan fingerprint density at radius 2 is 2.04 bits per heavy atom. The minimum absolute atomic E-state index is 0.599. The van der Waals surface area contributed by atoms with Gasteiger partial charge in [0.05, 0.1) is 11.2 Å². The molecule has 1 N–H and O–H groups in total. The highest BCUT2D eigenvalue weighted by Crippen LogP contribution is 2.29. The van der Waals surface area contributed by atoms with Gasteiger partial charge >= 0.3 is 0 Å². The lowest BCUT2D eigenvalue weighted by atomic mass is 10.1. The third-order valence-corrected chi connectivity index (χ3v) is 5.07. The third-order valence-electron chi connectivity index (χ3n) is 4.15. The zero-order valence-electron chi connectivity index (χ0n) is 14.2.